The molecule has 1 atom stereocenters. The van der Waals surface area contributed by atoms with E-state index in [1.54, 1.807) is 20.8 Å². The highest BCUT2D eigenvalue weighted by molar-refractivity contribution is 6.30. The molecule has 3 rings (SSSR count). The highest BCUT2D eigenvalue weighted by atomic mass is 35.5. The molecule has 0 saturated carbocycles. The predicted octanol–water partition coefficient (Wildman–Crippen LogP) is 6.44. The van der Waals surface area contributed by atoms with Gasteiger partial charge in [-0.1, -0.05) is 55.3 Å². The Kier molecular flexibility index (Phi) is 6.64. The van der Waals surface area contributed by atoms with Crippen molar-refractivity contribution in [1.82, 2.24) is 0 Å². The van der Waals surface area contributed by atoms with Gasteiger partial charge in [0.15, 0.2) is 5.78 Å². The van der Waals surface area contributed by atoms with E-state index >= 15 is 0 Å². The first-order valence-electron chi connectivity index (χ1n) is 10.9. The topological polar surface area (TPSA) is 52.6 Å². The molecule has 166 valence electrons. The molecule has 5 heteroatoms. The largest absolute Gasteiger partial charge is 0.427 e. The molecule has 0 saturated heterocycles. The Labute approximate surface area is 190 Å². The maximum Gasteiger partial charge on any atom is 0.310 e. The van der Waals surface area contributed by atoms with Crippen LogP contribution in [0.5, 0.6) is 0 Å². The van der Waals surface area contributed by atoms with Crippen molar-refractivity contribution in [3.05, 3.63) is 63.9 Å². The minimum atomic E-state index is -1.01. The van der Waals surface area contributed by atoms with Gasteiger partial charge in [0.05, 0.1) is 0 Å². The number of carbonyl (C=O) groups excluding carboxylic acids is 2. The number of hydrogen-bond acceptors (Lipinski definition) is 4. The summed E-state index contributed by atoms with van der Waals surface area (Å²) < 4.78 is 11.9. The van der Waals surface area contributed by atoms with E-state index < -0.39 is 11.2 Å². The van der Waals surface area contributed by atoms with E-state index in [1.165, 1.54) is 0 Å². The average Bonchev–Trinajstić information content (AvgIpc) is 2.71. The first-order chi connectivity index (χ1) is 14.5. The number of ether oxygens (including phenoxy) is 2. The minimum Gasteiger partial charge on any atom is -0.427 e. The molecule has 2 aliphatic rings. The first kappa shape index (κ1) is 23.5. The average molecular weight is 443 g/mol. The van der Waals surface area contributed by atoms with E-state index in [4.69, 9.17) is 21.1 Å². The summed E-state index contributed by atoms with van der Waals surface area (Å²) in [6.07, 6.45) is 5.86. The highest BCUT2D eigenvalue weighted by Crippen LogP contribution is 2.46. The second-order valence-electron chi connectivity index (χ2n) is 9.07. The number of allylic oxidation sites excluding steroid dienone is 4. The van der Waals surface area contributed by atoms with Crippen molar-refractivity contribution in [2.75, 3.05) is 0 Å². The van der Waals surface area contributed by atoms with E-state index in [-0.39, 0.29) is 24.1 Å². The molecule has 1 aromatic rings. The molecular weight excluding hydrogens is 412 g/mol. The van der Waals surface area contributed by atoms with Crippen LogP contribution in [-0.4, -0.2) is 23.0 Å². The van der Waals surface area contributed by atoms with E-state index in [0.717, 1.165) is 23.1 Å². The second-order valence-corrected chi connectivity index (χ2v) is 9.51. The van der Waals surface area contributed by atoms with Gasteiger partial charge in [-0.25, -0.2) is 0 Å². The molecule has 0 spiro atoms. The first-order valence-corrected chi connectivity index (χ1v) is 11.2. The van der Waals surface area contributed by atoms with Crippen molar-refractivity contribution in [3.8, 4) is 0 Å². The number of rotatable bonds is 5. The van der Waals surface area contributed by atoms with Gasteiger partial charge in [-0.2, -0.15) is 0 Å². The summed E-state index contributed by atoms with van der Waals surface area (Å²) in [5, 5.41) is 0.682. The number of hydrogen-bond donors (Lipinski definition) is 0. The quantitative estimate of drug-likeness (QED) is 0.492. The van der Waals surface area contributed by atoms with Gasteiger partial charge in [-0.05, 0) is 63.8 Å². The Bertz CT molecular complexity index is 977. The molecule has 0 N–H and O–H groups in total. The lowest BCUT2D eigenvalue weighted by molar-refractivity contribution is -0.170. The van der Waals surface area contributed by atoms with E-state index in [0.29, 0.717) is 22.8 Å². The van der Waals surface area contributed by atoms with Gasteiger partial charge >= 0.3 is 5.97 Å². The molecule has 0 fully saturated rings. The molecule has 31 heavy (non-hydrogen) atoms. The third-order valence-corrected chi connectivity index (χ3v) is 6.19. The molecule has 0 amide bonds. The van der Waals surface area contributed by atoms with Crippen LogP contribution in [0.3, 0.4) is 0 Å². The fourth-order valence-electron chi connectivity index (χ4n) is 4.44. The Morgan fingerprint density at radius 1 is 1.10 bits per heavy atom. The molecule has 1 unspecified atom stereocenters. The molecular formula is C26H31ClO4. The van der Waals surface area contributed by atoms with Gasteiger partial charge in [0.2, 0.25) is 0 Å². The lowest BCUT2D eigenvalue weighted by Crippen LogP contribution is -2.52. The summed E-state index contributed by atoms with van der Waals surface area (Å²) in [6.45, 7) is 11.1. The number of esters is 1. The van der Waals surface area contributed by atoms with Gasteiger partial charge < -0.3 is 9.47 Å². The van der Waals surface area contributed by atoms with E-state index in [2.05, 4.69) is 19.1 Å². The summed E-state index contributed by atoms with van der Waals surface area (Å²) in [4.78, 5) is 25.9. The zero-order valence-corrected chi connectivity index (χ0v) is 19.9. The monoisotopic (exact) mass is 442 g/mol. The van der Waals surface area contributed by atoms with E-state index in [9.17, 15) is 9.59 Å². The molecule has 0 aromatic heterocycles. The van der Waals surface area contributed by atoms with Crippen LogP contribution >= 0.6 is 11.6 Å². The Morgan fingerprint density at radius 2 is 1.74 bits per heavy atom. The van der Waals surface area contributed by atoms with Gasteiger partial charge in [0.1, 0.15) is 17.0 Å². The summed E-state index contributed by atoms with van der Waals surface area (Å²) >= 11 is 6.06. The number of Topliss-reactive ketones (excluding diaryl/α,β-unsaturated/α-hetero) is 1. The van der Waals surface area contributed by atoms with Gasteiger partial charge in [0, 0.05) is 22.9 Å². The molecule has 1 aliphatic heterocycles. The van der Waals surface area contributed by atoms with Crippen LogP contribution in [0, 0.1) is 5.92 Å². The van der Waals surface area contributed by atoms with Crippen LogP contribution in [0.1, 0.15) is 66.4 Å². The van der Waals surface area contributed by atoms with Crippen molar-refractivity contribution in [2.24, 2.45) is 5.92 Å². The smallest absolute Gasteiger partial charge is 0.310 e. The van der Waals surface area contributed by atoms with Crippen molar-refractivity contribution in [1.29, 1.82) is 0 Å². The molecule has 1 aromatic carbocycles. The lowest BCUT2D eigenvalue weighted by Gasteiger charge is -2.44. The number of benzene rings is 1. The zero-order chi connectivity index (χ0) is 23.0. The standard InChI is InChI=1S/C26H31ClO4/c1-7-16-9-10-18(17-11-13-19(27)14-12-17)15-20(16)22-23(29)25(3,4)31-26(5,6)24(22)30-21(28)8-2/h9-14,20H,7-8,15H2,1-6H3. The second kappa shape index (κ2) is 8.76. The summed E-state index contributed by atoms with van der Waals surface area (Å²) in [7, 11) is 0. The Balaban J connectivity index is 2.15. The fraction of sp³-hybridized carbons (Fsp3) is 0.462. The molecule has 0 bridgehead atoms. The Morgan fingerprint density at radius 3 is 2.32 bits per heavy atom. The van der Waals surface area contributed by atoms with Crippen molar-refractivity contribution >= 4 is 28.9 Å². The van der Waals surface area contributed by atoms with Gasteiger partial charge in [0.25, 0.3) is 0 Å². The van der Waals surface area contributed by atoms with Crippen LogP contribution in [0.15, 0.2) is 53.3 Å². The van der Waals surface area contributed by atoms with Crippen LogP contribution in [0.2, 0.25) is 5.02 Å². The van der Waals surface area contributed by atoms with Gasteiger partial charge in [-0.3, -0.25) is 9.59 Å². The summed E-state index contributed by atoms with van der Waals surface area (Å²) in [5.41, 5.74) is 1.95. The number of halogens is 1. The maximum atomic E-state index is 13.6. The maximum absolute atomic E-state index is 13.6. The molecule has 1 aliphatic carbocycles. The Hall–Kier alpha value is -2.17. The summed E-state index contributed by atoms with van der Waals surface area (Å²) in [5.74, 6) is -0.351. The lowest BCUT2D eigenvalue weighted by atomic mass is 9.72. The SMILES string of the molecule is CCC(=O)OC1=C(C2CC(c3ccc(Cl)cc3)=CC=C2CC)C(=O)C(C)(C)OC1(C)C. The van der Waals surface area contributed by atoms with Crippen molar-refractivity contribution in [3.63, 3.8) is 0 Å². The zero-order valence-electron chi connectivity index (χ0n) is 19.2. The van der Waals surface area contributed by atoms with Crippen molar-refractivity contribution < 1.29 is 19.1 Å². The van der Waals surface area contributed by atoms with Gasteiger partial charge in [-0.15, -0.1) is 0 Å². The van der Waals surface area contributed by atoms with E-state index in [1.807, 2.05) is 38.1 Å². The minimum absolute atomic E-state index is 0.132. The predicted molar refractivity (Wildman–Crippen MR) is 124 cm³/mol. The molecule has 0 radical (unpaired) electrons. The van der Waals surface area contributed by atoms with Crippen LogP contribution in [-0.2, 0) is 19.1 Å². The van der Waals surface area contributed by atoms with Crippen LogP contribution < -0.4 is 0 Å². The van der Waals surface area contributed by atoms with Crippen molar-refractivity contribution in [2.45, 2.75) is 72.0 Å². The summed E-state index contributed by atoms with van der Waals surface area (Å²) in [6, 6.07) is 7.71. The number of ketones is 1. The molecule has 1 heterocycles. The third-order valence-electron chi connectivity index (χ3n) is 5.94. The normalized spacial score (nSPS) is 22.7. The third kappa shape index (κ3) is 4.70. The number of carbonyl (C=O) groups is 2. The molecule has 4 nitrogen and oxygen atoms in total. The highest BCUT2D eigenvalue weighted by Gasteiger charge is 2.50. The van der Waals surface area contributed by atoms with Crippen LogP contribution in [0.25, 0.3) is 5.57 Å². The fourth-order valence-corrected chi connectivity index (χ4v) is 4.56. The van der Waals surface area contributed by atoms with Crippen LogP contribution in [0.4, 0.5) is 0 Å².